The second-order valence-electron chi connectivity index (χ2n) is 3.77. The van der Waals surface area contributed by atoms with E-state index in [1.807, 2.05) is 6.07 Å². The predicted octanol–water partition coefficient (Wildman–Crippen LogP) is 2.49. The number of fused-ring (bicyclic) bond motifs is 1. The molecule has 1 aromatic heterocycles. The number of phenolic OH excluding ortho intramolecular Hbond substituents is 1. The second kappa shape index (κ2) is 3.52. The first-order valence-corrected chi connectivity index (χ1v) is 5.15. The topological polar surface area (TPSA) is 66.2 Å². The number of nitrogens with one attached hydrogen (secondary N) is 1. The van der Waals surface area contributed by atoms with Crippen LogP contribution in [-0.4, -0.2) is 10.1 Å². The summed E-state index contributed by atoms with van der Waals surface area (Å²) < 4.78 is 4.99. The zero-order valence-electron chi connectivity index (χ0n) is 8.81. The SMILES string of the molecule is O=c1[nH]c2ccc(-c3ccc(O)cc3)cc2o1. The summed E-state index contributed by atoms with van der Waals surface area (Å²) in [5.74, 6) is -0.231. The maximum absolute atomic E-state index is 11.0. The Morgan fingerprint density at radius 3 is 2.47 bits per heavy atom. The van der Waals surface area contributed by atoms with Gasteiger partial charge < -0.3 is 9.52 Å². The van der Waals surface area contributed by atoms with Gasteiger partial charge in [-0.3, -0.25) is 4.98 Å². The average molecular weight is 227 g/mol. The molecule has 17 heavy (non-hydrogen) atoms. The lowest BCUT2D eigenvalue weighted by molar-refractivity contribution is 0.475. The average Bonchev–Trinajstić information content (AvgIpc) is 2.69. The highest BCUT2D eigenvalue weighted by Crippen LogP contribution is 2.24. The number of hydrogen-bond acceptors (Lipinski definition) is 3. The van der Waals surface area contributed by atoms with Crippen LogP contribution in [0.2, 0.25) is 0 Å². The van der Waals surface area contributed by atoms with E-state index in [0.717, 1.165) is 11.1 Å². The Morgan fingerprint density at radius 2 is 1.71 bits per heavy atom. The Hall–Kier alpha value is -2.49. The van der Waals surface area contributed by atoms with Gasteiger partial charge in [0.15, 0.2) is 5.58 Å². The molecule has 0 saturated carbocycles. The minimum Gasteiger partial charge on any atom is -0.508 e. The van der Waals surface area contributed by atoms with Gasteiger partial charge in [-0.15, -0.1) is 0 Å². The summed E-state index contributed by atoms with van der Waals surface area (Å²) in [5, 5.41) is 9.21. The van der Waals surface area contributed by atoms with E-state index in [2.05, 4.69) is 4.98 Å². The van der Waals surface area contributed by atoms with Crippen molar-refractivity contribution in [1.29, 1.82) is 0 Å². The zero-order chi connectivity index (χ0) is 11.8. The standard InChI is InChI=1S/C13H9NO3/c15-10-4-1-8(2-5-10)9-3-6-11-12(7-9)17-13(16)14-11/h1-7,15H,(H,14,16). The maximum atomic E-state index is 11.0. The molecule has 2 aromatic carbocycles. The van der Waals surface area contributed by atoms with Gasteiger partial charge >= 0.3 is 5.76 Å². The van der Waals surface area contributed by atoms with Crippen LogP contribution in [0.3, 0.4) is 0 Å². The van der Waals surface area contributed by atoms with E-state index < -0.39 is 5.76 Å². The van der Waals surface area contributed by atoms with Gasteiger partial charge in [0, 0.05) is 0 Å². The zero-order valence-corrected chi connectivity index (χ0v) is 8.81. The van der Waals surface area contributed by atoms with Gasteiger partial charge in [-0.25, -0.2) is 4.79 Å². The summed E-state index contributed by atoms with van der Waals surface area (Å²) in [4.78, 5) is 13.6. The van der Waals surface area contributed by atoms with Crippen LogP contribution >= 0.6 is 0 Å². The van der Waals surface area contributed by atoms with Crippen molar-refractivity contribution in [1.82, 2.24) is 4.98 Å². The van der Waals surface area contributed by atoms with Gasteiger partial charge in [0.25, 0.3) is 0 Å². The Morgan fingerprint density at radius 1 is 1.00 bits per heavy atom. The highest BCUT2D eigenvalue weighted by molar-refractivity contribution is 5.79. The third-order valence-corrected chi connectivity index (χ3v) is 2.62. The molecule has 0 spiro atoms. The minimum absolute atomic E-state index is 0.225. The lowest BCUT2D eigenvalue weighted by Gasteiger charge is -2.01. The first-order valence-electron chi connectivity index (χ1n) is 5.15. The number of phenols is 1. The molecule has 4 nitrogen and oxygen atoms in total. The second-order valence-corrected chi connectivity index (χ2v) is 3.77. The van der Waals surface area contributed by atoms with Crippen LogP contribution in [0.4, 0.5) is 0 Å². The Bertz CT molecular complexity index is 722. The molecule has 0 radical (unpaired) electrons. The van der Waals surface area contributed by atoms with Crippen LogP contribution in [0.5, 0.6) is 5.75 Å². The number of oxazole rings is 1. The molecule has 0 aliphatic heterocycles. The molecule has 84 valence electrons. The third-order valence-electron chi connectivity index (χ3n) is 2.62. The van der Waals surface area contributed by atoms with Crippen molar-refractivity contribution < 1.29 is 9.52 Å². The van der Waals surface area contributed by atoms with Crippen molar-refractivity contribution in [3.05, 3.63) is 53.0 Å². The van der Waals surface area contributed by atoms with E-state index in [4.69, 9.17) is 4.42 Å². The van der Waals surface area contributed by atoms with Crippen LogP contribution in [0.25, 0.3) is 22.2 Å². The molecular formula is C13H9NO3. The van der Waals surface area contributed by atoms with E-state index in [0.29, 0.717) is 11.1 Å². The van der Waals surface area contributed by atoms with Crippen LogP contribution < -0.4 is 5.76 Å². The molecule has 3 aromatic rings. The van der Waals surface area contributed by atoms with Crippen molar-refractivity contribution in [3.63, 3.8) is 0 Å². The monoisotopic (exact) mass is 227 g/mol. The number of aromatic amines is 1. The summed E-state index contributed by atoms with van der Waals surface area (Å²) in [7, 11) is 0. The highest BCUT2D eigenvalue weighted by atomic mass is 16.4. The van der Waals surface area contributed by atoms with Gasteiger partial charge in [0.2, 0.25) is 0 Å². The van der Waals surface area contributed by atoms with Gasteiger partial charge in [-0.05, 0) is 35.4 Å². The molecule has 2 N–H and O–H groups in total. The summed E-state index contributed by atoms with van der Waals surface area (Å²) in [6.07, 6.45) is 0. The number of benzene rings is 2. The molecule has 0 saturated heterocycles. The van der Waals surface area contributed by atoms with Gasteiger partial charge in [-0.1, -0.05) is 18.2 Å². The van der Waals surface area contributed by atoms with E-state index in [-0.39, 0.29) is 5.75 Å². The molecular weight excluding hydrogens is 218 g/mol. The molecule has 0 amide bonds. The Labute approximate surface area is 96.1 Å². The fraction of sp³-hybridized carbons (Fsp3) is 0. The Kier molecular flexibility index (Phi) is 2.01. The molecule has 1 heterocycles. The minimum atomic E-state index is -0.456. The number of H-pyrrole nitrogens is 1. The molecule has 0 aliphatic rings. The fourth-order valence-electron chi connectivity index (χ4n) is 1.78. The van der Waals surface area contributed by atoms with E-state index in [9.17, 15) is 9.90 Å². The maximum Gasteiger partial charge on any atom is 0.417 e. The van der Waals surface area contributed by atoms with Crippen LogP contribution in [-0.2, 0) is 0 Å². The number of rotatable bonds is 1. The molecule has 0 aliphatic carbocycles. The number of aromatic hydroxyl groups is 1. The van der Waals surface area contributed by atoms with E-state index in [1.165, 1.54) is 0 Å². The van der Waals surface area contributed by atoms with Gasteiger partial charge in [0.05, 0.1) is 5.52 Å². The fourth-order valence-corrected chi connectivity index (χ4v) is 1.78. The van der Waals surface area contributed by atoms with E-state index in [1.54, 1.807) is 36.4 Å². The van der Waals surface area contributed by atoms with Crippen molar-refractivity contribution in [2.45, 2.75) is 0 Å². The quantitative estimate of drug-likeness (QED) is 0.671. The predicted molar refractivity (Wildman–Crippen MR) is 63.9 cm³/mol. The smallest absolute Gasteiger partial charge is 0.417 e. The molecule has 0 atom stereocenters. The van der Waals surface area contributed by atoms with Gasteiger partial charge in [-0.2, -0.15) is 0 Å². The molecule has 0 fully saturated rings. The van der Waals surface area contributed by atoms with Crippen LogP contribution in [0, 0.1) is 0 Å². The normalized spacial score (nSPS) is 10.8. The van der Waals surface area contributed by atoms with Crippen molar-refractivity contribution in [2.75, 3.05) is 0 Å². The molecule has 3 rings (SSSR count). The van der Waals surface area contributed by atoms with Crippen LogP contribution in [0.1, 0.15) is 0 Å². The van der Waals surface area contributed by atoms with Crippen LogP contribution in [0.15, 0.2) is 51.7 Å². The first kappa shape index (κ1) is 9.72. The summed E-state index contributed by atoms with van der Waals surface area (Å²) in [6, 6.07) is 12.3. The van der Waals surface area contributed by atoms with Gasteiger partial charge in [0.1, 0.15) is 5.75 Å². The third kappa shape index (κ3) is 1.69. The summed E-state index contributed by atoms with van der Waals surface area (Å²) in [6.45, 7) is 0. The number of hydrogen-bond donors (Lipinski definition) is 2. The molecule has 0 bridgehead atoms. The van der Waals surface area contributed by atoms with Crippen molar-refractivity contribution in [3.8, 4) is 16.9 Å². The van der Waals surface area contributed by atoms with Crippen molar-refractivity contribution in [2.24, 2.45) is 0 Å². The van der Waals surface area contributed by atoms with E-state index >= 15 is 0 Å². The first-order chi connectivity index (χ1) is 8.22. The molecule has 4 heteroatoms. The lowest BCUT2D eigenvalue weighted by atomic mass is 10.1. The lowest BCUT2D eigenvalue weighted by Crippen LogP contribution is -1.92. The van der Waals surface area contributed by atoms with Crippen molar-refractivity contribution >= 4 is 11.1 Å². The largest absolute Gasteiger partial charge is 0.508 e. The summed E-state index contributed by atoms with van der Waals surface area (Å²) >= 11 is 0. The molecule has 0 unspecified atom stereocenters. The summed E-state index contributed by atoms with van der Waals surface area (Å²) in [5.41, 5.74) is 3.09. The Balaban J connectivity index is 2.17. The highest BCUT2D eigenvalue weighted by Gasteiger charge is 2.03. The number of aromatic nitrogens is 1.